The minimum absolute atomic E-state index is 0.00531. The number of anilines is 3. The second-order valence-electron chi connectivity index (χ2n) is 8.82. The molecule has 1 heterocycles. The summed E-state index contributed by atoms with van der Waals surface area (Å²) in [5.74, 6) is 1.28. The van der Waals surface area contributed by atoms with Crippen molar-refractivity contribution < 1.29 is 0 Å². The van der Waals surface area contributed by atoms with E-state index in [1.165, 1.54) is 11.1 Å². The van der Waals surface area contributed by atoms with Gasteiger partial charge in [-0.3, -0.25) is 4.90 Å². The molecule has 0 unspecified atom stereocenters. The average Bonchev–Trinajstić information content (AvgIpc) is 2.84. The van der Waals surface area contributed by atoms with Gasteiger partial charge in [0.05, 0.1) is 5.54 Å². The Labute approximate surface area is 190 Å². The fourth-order valence-electron chi connectivity index (χ4n) is 5.22. The molecule has 1 aliphatic carbocycles. The second kappa shape index (κ2) is 8.74. The number of nitrogens with two attached hydrogens (primary N) is 1. The van der Waals surface area contributed by atoms with Crippen molar-refractivity contribution in [1.29, 1.82) is 0 Å². The van der Waals surface area contributed by atoms with Gasteiger partial charge in [0.15, 0.2) is 0 Å². The number of rotatable bonds is 6. The first kappa shape index (κ1) is 22.0. The molecular formula is C25H33N7. The molecule has 1 aromatic heterocycles. The van der Waals surface area contributed by atoms with E-state index < -0.39 is 0 Å². The molecule has 3 N–H and O–H groups in total. The van der Waals surface area contributed by atoms with Crippen molar-refractivity contribution in [3.8, 4) is 0 Å². The summed E-state index contributed by atoms with van der Waals surface area (Å²) in [5, 5.41) is 2.99. The molecule has 32 heavy (non-hydrogen) atoms. The van der Waals surface area contributed by atoms with Gasteiger partial charge in [0.2, 0.25) is 17.8 Å². The van der Waals surface area contributed by atoms with Crippen molar-refractivity contribution in [2.75, 3.05) is 44.1 Å². The number of hydrogen-bond acceptors (Lipinski definition) is 7. The maximum Gasteiger partial charge on any atom is 0.232 e. The van der Waals surface area contributed by atoms with E-state index in [1.807, 2.05) is 0 Å². The number of nitrogen functional groups attached to an aromatic ring is 1. The summed E-state index contributed by atoms with van der Waals surface area (Å²) in [7, 11) is 8.25. The first-order chi connectivity index (χ1) is 15.4. The third kappa shape index (κ3) is 3.77. The van der Waals surface area contributed by atoms with E-state index in [9.17, 15) is 0 Å². The summed E-state index contributed by atoms with van der Waals surface area (Å²) in [5.41, 5.74) is 8.40. The lowest BCUT2D eigenvalue weighted by Gasteiger charge is -2.53. The Balaban J connectivity index is 1.76. The van der Waals surface area contributed by atoms with Gasteiger partial charge in [-0.1, -0.05) is 60.7 Å². The number of aromatic nitrogens is 3. The first-order valence-electron chi connectivity index (χ1n) is 11.1. The fraction of sp³-hybridized carbons (Fsp3) is 0.400. The summed E-state index contributed by atoms with van der Waals surface area (Å²) in [6, 6.07) is 21.6. The first-order valence-corrected chi connectivity index (χ1v) is 11.1. The maximum atomic E-state index is 6.01. The third-order valence-corrected chi connectivity index (χ3v) is 7.19. The zero-order chi connectivity index (χ0) is 22.8. The van der Waals surface area contributed by atoms with Crippen LogP contribution in [0.5, 0.6) is 0 Å². The predicted molar refractivity (Wildman–Crippen MR) is 131 cm³/mol. The van der Waals surface area contributed by atoms with E-state index in [1.54, 1.807) is 7.05 Å². The molecular weight excluding hydrogens is 398 g/mol. The number of nitrogens with one attached hydrogen (secondary N) is 1. The minimum Gasteiger partial charge on any atom is -0.368 e. The fourth-order valence-corrected chi connectivity index (χ4v) is 5.22. The van der Waals surface area contributed by atoms with Crippen LogP contribution in [0.15, 0.2) is 60.7 Å². The molecule has 7 nitrogen and oxygen atoms in total. The highest BCUT2D eigenvalue weighted by molar-refractivity contribution is 5.47. The summed E-state index contributed by atoms with van der Waals surface area (Å²) in [6.07, 6.45) is 3.95. The smallest absolute Gasteiger partial charge is 0.232 e. The standard InChI is InChI=1S/C25H33N7/c1-27-22-28-21(26)29-23(30-22)32(4)25(20-13-9-6-10-14-20)17-15-24(16-18-25,31(2)3)19-11-7-5-8-12-19/h5-14H,15-18H2,1-4H3,(H3,26,27,28,29,30). The zero-order valence-corrected chi connectivity index (χ0v) is 19.4. The molecule has 7 heteroatoms. The van der Waals surface area contributed by atoms with E-state index >= 15 is 0 Å². The van der Waals surface area contributed by atoms with Gasteiger partial charge in [0.25, 0.3) is 0 Å². The van der Waals surface area contributed by atoms with Crippen LogP contribution in [-0.2, 0) is 11.1 Å². The van der Waals surface area contributed by atoms with Gasteiger partial charge in [-0.25, -0.2) is 0 Å². The Morgan fingerprint density at radius 1 is 0.750 bits per heavy atom. The molecule has 1 aliphatic rings. The van der Waals surface area contributed by atoms with Crippen LogP contribution in [0.25, 0.3) is 0 Å². The highest BCUT2D eigenvalue weighted by Gasteiger charge is 2.48. The summed E-state index contributed by atoms with van der Waals surface area (Å²) < 4.78 is 0. The monoisotopic (exact) mass is 431 g/mol. The van der Waals surface area contributed by atoms with Crippen LogP contribution in [0, 0.1) is 0 Å². The minimum atomic E-state index is -0.242. The molecule has 0 atom stereocenters. The van der Waals surface area contributed by atoms with E-state index in [2.05, 4.69) is 112 Å². The largest absolute Gasteiger partial charge is 0.368 e. The van der Waals surface area contributed by atoms with Crippen LogP contribution >= 0.6 is 0 Å². The van der Waals surface area contributed by atoms with Crippen LogP contribution in [0.3, 0.4) is 0 Å². The molecule has 0 aliphatic heterocycles. The predicted octanol–water partition coefficient (Wildman–Crippen LogP) is 3.86. The van der Waals surface area contributed by atoms with Crippen molar-refractivity contribution in [2.24, 2.45) is 0 Å². The highest BCUT2D eigenvalue weighted by atomic mass is 15.3. The summed E-state index contributed by atoms with van der Waals surface area (Å²) >= 11 is 0. The van der Waals surface area contributed by atoms with Crippen molar-refractivity contribution in [2.45, 2.75) is 36.8 Å². The highest BCUT2D eigenvalue weighted by Crippen LogP contribution is 2.51. The topological polar surface area (TPSA) is 83.2 Å². The van der Waals surface area contributed by atoms with Crippen molar-refractivity contribution in [3.63, 3.8) is 0 Å². The molecule has 3 aromatic rings. The Hall–Kier alpha value is -3.19. The lowest BCUT2D eigenvalue weighted by molar-refractivity contribution is 0.0642. The Morgan fingerprint density at radius 3 is 1.75 bits per heavy atom. The van der Waals surface area contributed by atoms with Crippen molar-refractivity contribution >= 4 is 17.8 Å². The van der Waals surface area contributed by atoms with Gasteiger partial charge >= 0.3 is 0 Å². The summed E-state index contributed by atoms with van der Waals surface area (Å²) in [6.45, 7) is 0. The Bertz CT molecular complexity index is 1030. The van der Waals surface area contributed by atoms with E-state index in [0.29, 0.717) is 11.9 Å². The van der Waals surface area contributed by atoms with Crippen LogP contribution in [0.4, 0.5) is 17.8 Å². The zero-order valence-electron chi connectivity index (χ0n) is 19.4. The van der Waals surface area contributed by atoms with Gasteiger partial charge in [-0.05, 0) is 50.9 Å². The molecule has 0 saturated heterocycles. The van der Waals surface area contributed by atoms with Gasteiger partial charge in [-0.15, -0.1) is 0 Å². The van der Waals surface area contributed by atoms with Crippen LogP contribution in [-0.4, -0.2) is 48.0 Å². The van der Waals surface area contributed by atoms with Crippen molar-refractivity contribution in [1.82, 2.24) is 19.9 Å². The van der Waals surface area contributed by atoms with E-state index in [4.69, 9.17) is 5.73 Å². The Kier molecular flexibility index (Phi) is 6.02. The molecule has 0 radical (unpaired) electrons. The average molecular weight is 432 g/mol. The molecule has 0 spiro atoms. The third-order valence-electron chi connectivity index (χ3n) is 7.19. The van der Waals surface area contributed by atoms with Crippen molar-refractivity contribution in [3.05, 3.63) is 71.8 Å². The summed E-state index contributed by atoms with van der Waals surface area (Å²) in [4.78, 5) is 17.9. The molecule has 4 rings (SSSR count). The molecule has 0 amide bonds. The number of hydrogen-bond donors (Lipinski definition) is 2. The SMILES string of the molecule is CNc1nc(N)nc(N(C)C2(c3ccccc3)CCC(c3ccccc3)(N(C)C)CC2)n1. The molecule has 1 fully saturated rings. The molecule has 1 saturated carbocycles. The molecule has 2 aromatic carbocycles. The van der Waals surface area contributed by atoms with Gasteiger partial charge < -0.3 is 16.0 Å². The van der Waals surface area contributed by atoms with Crippen LogP contribution < -0.4 is 16.0 Å². The van der Waals surface area contributed by atoms with E-state index in [0.717, 1.165) is 25.7 Å². The Morgan fingerprint density at radius 2 is 1.25 bits per heavy atom. The van der Waals surface area contributed by atoms with Gasteiger partial charge in [0, 0.05) is 19.6 Å². The number of nitrogens with zero attached hydrogens (tertiary/aromatic N) is 5. The molecule has 0 bridgehead atoms. The quantitative estimate of drug-likeness (QED) is 0.613. The normalized spacial score (nSPS) is 23.2. The maximum absolute atomic E-state index is 6.01. The van der Waals surface area contributed by atoms with Gasteiger partial charge in [-0.2, -0.15) is 15.0 Å². The van der Waals surface area contributed by atoms with Crippen LogP contribution in [0.2, 0.25) is 0 Å². The number of benzene rings is 2. The lowest BCUT2D eigenvalue weighted by atomic mass is 9.66. The lowest BCUT2D eigenvalue weighted by Crippen LogP contribution is -2.54. The second-order valence-corrected chi connectivity index (χ2v) is 8.82. The van der Waals surface area contributed by atoms with Gasteiger partial charge in [0.1, 0.15) is 0 Å². The van der Waals surface area contributed by atoms with E-state index in [-0.39, 0.29) is 17.0 Å². The molecule has 168 valence electrons. The van der Waals surface area contributed by atoms with Crippen LogP contribution in [0.1, 0.15) is 36.8 Å².